The summed E-state index contributed by atoms with van der Waals surface area (Å²) in [6.07, 6.45) is 0. The minimum absolute atomic E-state index is 0.0128. The van der Waals surface area contributed by atoms with E-state index in [1.165, 1.54) is 17.3 Å². The fraction of sp³-hybridized carbons (Fsp3) is 0.188. The number of rotatable bonds is 5. The number of nitrogen functional groups attached to an aromatic ring is 1. The Balaban J connectivity index is 1.78. The van der Waals surface area contributed by atoms with Gasteiger partial charge in [-0.25, -0.2) is 0 Å². The quantitative estimate of drug-likeness (QED) is 0.656. The van der Waals surface area contributed by atoms with Crippen LogP contribution in [0.2, 0.25) is 0 Å². The minimum Gasteiger partial charge on any atom is -0.398 e. The fourth-order valence-corrected chi connectivity index (χ4v) is 2.51. The van der Waals surface area contributed by atoms with Crippen LogP contribution >= 0.6 is 11.8 Å². The maximum absolute atomic E-state index is 11.8. The third kappa shape index (κ3) is 4.31. The summed E-state index contributed by atoms with van der Waals surface area (Å²) in [6.45, 7) is 2.60. The number of carbonyl (C=O) groups is 1. The van der Waals surface area contributed by atoms with Crippen molar-refractivity contribution in [3.8, 4) is 0 Å². The van der Waals surface area contributed by atoms with Crippen LogP contribution in [0.4, 0.5) is 5.69 Å². The third-order valence-electron chi connectivity index (χ3n) is 2.89. The van der Waals surface area contributed by atoms with Crippen LogP contribution in [0.1, 0.15) is 11.1 Å². The Hall–Kier alpha value is -1.94. The van der Waals surface area contributed by atoms with Gasteiger partial charge in [-0.3, -0.25) is 4.79 Å². The van der Waals surface area contributed by atoms with Crippen molar-refractivity contribution in [2.45, 2.75) is 18.4 Å². The molecule has 2 rings (SSSR count). The second-order valence-electron chi connectivity index (χ2n) is 4.59. The first-order chi connectivity index (χ1) is 9.65. The van der Waals surface area contributed by atoms with E-state index in [-0.39, 0.29) is 5.91 Å². The molecule has 0 saturated heterocycles. The Morgan fingerprint density at radius 1 is 1.15 bits per heavy atom. The lowest BCUT2D eigenvalue weighted by atomic mass is 10.1. The van der Waals surface area contributed by atoms with Crippen molar-refractivity contribution in [1.29, 1.82) is 0 Å². The van der Waals surface area contributed by atoms with Crippen LogP contribution in [0.15, 0.2) is 53.4 Å². The molecule has 0 aliphatic rings. The minimum atomic E-state index is 0.0128. The third-order valence-corrected chi connectivity index (χ3v) is 3.98. The van der Waals surface area contributed by atoms with Crippen molar-refractivity contribution in [2.24, 2.45) is 0 Å². The molecule has 3 nitrogen and oxygen atoms in total. The smallest absolute Gasteiger partial charge is 0.230 e. The maximum Gasteiger partial charge on any atom is 0.230 e. The van der Waals surface area contributed by atoms with E-state index in [1.54, 1.807) is 0 Å². The van der Waals surface area contributed by atoms with Crippen LogP contribution in [-0.2, 0) is 11.3 Å². The molecule has 0 bridgehead atoms. The molecular weight excluding hydrogens is 268 g/mol. The molecule has 0 aliphatic carbocycles. The number of hydrogen-bond donors (Lipinski definition) is 2. The van der Waals surface area contributed by atoms with E-state index >= 15 is 0 Å². The number of aryl methyl sites for hydroxylation is 1. The molecule has 4 heteroatoms. The number of para-hydroxylation sites is 1. The van der Waals surface area contributed by atoms with Gasteiger partial charge in [0.15, 0.2) is 0 Å². The van der Waals surface area contributed by atoms with Crippen molar-refractivity contribution in [2.75, 3.05) is 11.5 Å². The molecule has 0 fully saturated rings. The van der Waals surface area contributed by atoms with Crippen molar-refractivity contribution >= 4 is 23.4 Å². The van der Waals surface area contributed by atoms with E-state index in [4.69, 9.17) is 5.73 Å². The average Bonchev–Trinajstić information content (AvgIpc) is 2.46. The SMILES string of the molecule is Cc1ccc(CNC(=O)CSc2ccccc2N)cc1. The normalized spacial score (nSPS) is 10.2. The van der Waals surface area contributed by atoms with Gasteiger partial charge in [0.2, 0.25) is 5.91 Å². The molecule has 0 aromatic heterocycles. The van der Waals surface area contributed by atoms with Crippen LogP contribution < -0.4 is 11.1 Å². The lowest BCUT2D eigenvalue weighted by Gasteiger charge is -2.07. The maximum atomic E-state index is 11.8. The monoisotopic (exact) mass is 286 g/mol. The van der Waals surface area contributed by atoms with Gasteiger partial charge in [-0.2, -0.15) is 0 Å². The Labute approximate surface area is 123 Å². The lowest BCUT2D eigenvalue weighted by molar-refractivity contribution is -0.118. The highest BCUT2D eigenvalue weighted by Crippen LogP contribution is 2.23. The molecular formula is C16H18N2OS. The number of thioether (sulfide) groups is 1. The molecule has 2 aromatic carbocycles. The molecule has 0 aliphatic heterocycles. The first-order valence-corrected chi connectivity index (χ1v) is 7.43. The molecule has 0 heterocycles. The zero-order valence-electron chi connectivity index (χ0n) is 11.4. The predicted molar refractivity (Wildman–Crippen MR) is 84.6 cm³/mol. The van der Waals surface area contributed by atoms with Crippen molar-refractivity contribution in [3.05, 3.63) is 59.7 Å². The van der Waals surface area contributed by atoms with E-state index in [1.807, 2.05) is 55.5 Å². The van der Waals surface area contributed by atoms with Crippen LogP contribution in [-0.4, -0.2) is 11.7 Å². The van der Waals surface area contributed by atoms with Gasteiger partial charge < -0.3 is 11.1 Å². The largest absolute Gasteiger partial charge is 0.398 e. The summed E-state index contributed by atoms with van der Waals surface area (Å²) in [4.78, 5) is 12.7. The predicted octanol–water partition coefficient (Wildman–Crippen LogP) is 2.99. The van der Waals surface area contributed by atoms with Gasteiger partial charge in [0.05, 0.1) is 5.75 Å². The van der Waals surface area contributed by atoms with Gasteiger partial charge in [-0.15, -0.1) is 11.8 Å². The van der Waals surface area contributed by atoms with Crippen LogP contribution in [0.5, 0.6) is 0 Å². The highest BCUT2D eigenvalue weighted by molar-refractivity contribution is 8.00. The van der Waals surface area contributed by atoms with Gasteiger partial charge in [0.1, 0.15) is 0 Å². The Morgan fingerprint density at radius 2 is 1.85 bits per heavy atom. The summed E-state index contributed by atoms with van der Waals surface area (Å²) >= 11 is 1.46. The molecule has 2 aromatic rings. The number of amides is 1. The molecule has 104 valence electrons. The van der Waals surface area contributed by atoms with E-state index in [9.17, 15) is 4.79 Å². The standard InChI is InChI=1S/C16H18N2OS/c1-12-6-8-13(9-7-12)10-18-16(19)11-20-15-5-3-2-4-14(15)17/h2-9H,10-11,17H2,1H3,(H,18,19). The van der Waals surface area contributed by atoms with E-state index in [0.29, 0.717) is 18.0 Å². The van der Waals surface area contributed by atoms with Crippen LogP contribution in [0, 0.1) is 6.92 Å². The summed E-state index contributed by atoms with van der Waals surface area (Å²) < 4.78 is 0. The Kier molecular flexibility index (Phi) is 5.07. The molecule has 0 atom stereocenters. The van der Waals surface area contributed by atoms with Crippen LogP contribution in [0.25, 0.3) is 0 Å². The van der Waals surface area contributed by atoms with E-state index < -0.39 is 0 Å². The number of benzene rings is 2. The summed E-state index contributed by atoms with van der Waals surface area (Å²) in [6, 6.07) is 15.7. The second-order valence-corrected chi connectivity index (χ2v) is 5.61. The zero-order chi connectivity index (χ0) is 14.4. The van der Waals surface area contributed by atoms with Crippen molar-refractivity contribution < 1.29 is 4.79 Å². The molecule has 20 heavy (non-hydrogen) atoms. The average molecular weight is 286 g/mol. The van der Waals surface area contributed by atoms with Gasteiger partial charge in [-0.1, -0.05) is 42.0 Å². The van der Waals surface area contributed by atoms with Gasteiger partial charge in [0, 0.05) is 17.1 Å². The number of anilines is 1. The van der Waals surface area contributed by atoms with Gasteiger partial charge in [0.25, 0.3) is 0 Å². The number of nitrogens with two attached hydrogens (primary N) is 1. The highest BCUT2D eigenvalue weighted by Gasteiger charge is 2.04. The zero-order valence-corrected chi connectivity index (χ0v) is 12.2. The van der Waals surface area contributed by atoms with Gasteiger partial charge in [-0.05, 0) is 24.6 Å². The lowest BCUT2D eigenvalue weighted by Crippen LogP contribution is -2.24. The highest BCUT2D eigenvalue weighted by atomic mass is 32.2. The van der Waals surface area contributed by atoms with Crippen molar-refractivity contribution in [1.82, 2.24) is 5.32 Å². The van der Waals surface area contributed by atoms with Gasteiger partial charge >= 0.3 is 0 Å². The molecule has 0 saturated carbocycles. The van der Waals surface area contributed by atoms with E-state index in [2.05, 4.69) is 5.32 Å². The summed E-state index contributed by atoms with van der Waals surface area (Å²) in [5.41, 5.74) is 8.87. The molecule has 0 spiro atoms. The first kappa shape index (κ1) is 14.5. The van der Waals surface area contributed by atoms with Crippen LogP contribution in [0.3, 0.4) is 0 Å². The fourth-order valence-electron chi connectivity index (χ4n) is 1.71. The Morgan fingerprint density at radius 3 is 2.55 bits per heavy atom. The number of carbonyl (C=O) groups excluding carboxylic acids is 1. The summed E-state index contributed by atoms with van der Waals surface area (Å²) in [5, 5.41) is 2.91. The summed E-state index contributed by atoms with van der Waals surface area (Å²) in [7, 11) is 0. The second kappa shape index (κ2) is 7.01. The molecule has 3 N–H and O–H groups in total. The first-order valence-electron chi connectivity index (χ1n) is 6.44. The molecule has 0 radical (unpaired) electrons. The Bertz CT molecular complexity index is 581. The molecule has 1 amide bonds. The summed E-state index contributed by atoms with van der Waals surface area (Å²) in [5.74, 6) is 0.388. The number of hydrogen-bond acceptors (Lipinski definition) is 3. The van der Waals surface area contributed by atoms with Crippen molar-refractivity contribution in [3.63, 3.8) is 0 Å². The van der Waals surface area contributed by atoms with E-state index in [0.717, 1.165) is 10.5 Å². The molecule has 0 unspecified atom stereocenters. The number of nitrogens with one attached hydrogen (secondary N) is 1. The topological polar surface area (TPSA) is 55.1 Å².